The van der Waals surface area contributed by atoms with Crippen molar-refractivity contribution in [3.63, 3.8) is 0 Å². The lowest BCUT2D eigenvalue weighted by Gasteiger charge is -2.24. The average Bonchev–Trinajstić information content (AvgIpc) is 2.11. The molecular weight excluding hydrogens is 232 g/mol. The van der Waals surface area contributed by atoms with E-state index >= 15 is 0 Å². The zero-order valence-electron chi connectivity index (χ0n) is 11.9. The van der Waals surface area contributed by atoms with Gasteiger partial charge in [-0.15, -0.1) is 0 Å². The van der Waals surface area contributed by atoms with Crippen LogP contribution in [0, 0.1) is 5.41 Å². The van der Waals surface area contributed by atoms with Gasteiger partial charge in [-0.2, -0.15) is 0 Å². The molecule has 0 aromatic heterocycles. The van der Waals surface area contributed by atoms with Crippen molar-refractivity contribution < 1.29 is 14.7 Å². The summed E-state index contributed by atoms with van der Waals surface area (Å²) in [6.07, 6.45) is 1.83. The maximum Gasteiger partial charge on any atom is 0.303 e. The summed E-state index contributed by atoms with van der Waals surface area (Å²) < 4.78 is 0. The minimum atomic E-state index is -0.781. The molecule has 5 nitrogen and oxygen atoms in total. The van der Waals surface area contributed by atoms with Crippen LogP contribution in [-0.4, -0.2) is 29.1 Å². The Kier molecular flexibility index (Phi) is 6.32. The number of nitrogens with one attached hydrogen (secondary N) is 1. The summed E-state index contributed by atoms with van der Waals surface area (Å²) in [5.41, 5.74) is 5.17. The predicted molar refractivity (Wildman–Crippen MR) is 71.2 cm³/mol. The Balaban J connectivity index is 3.89. The van der Waals surface area contributed by atoms with Gasteiger partial charge in [0.15, 0.2) is 0 Å². The first kappa shape index (κ1) is 16.9. The quantitative estimate of drug-likeness (QED) is 0.615. The summed E-state index contributed by atoms with van der Waals surface area (Å²) in [5.74, 6) is -0.839. The smallest absolute Gasteiger partial charge is 0.303 e. The molecule has 0 aromatic carbocycles. The molecule has 4 N–H and O–H groups in total. The summed E-state index contributed by atoms with van der Waals surface area (Å²) in [7, 11) is 0. The van der Waals surface area contributed by atoms with Crippen LogP contribution in [0.1, 0.15) is 53.4 Å². The van der Waals surface area contributed by atoms with E-state index in [1.165, 1.54) is 0 Å². The number of nitrogens with two attached hydrogens (primary N) is 1. The highest BCUT2D eigenvalue weighted by Crippen LogP contribution is 2.25. The van der Waals surface area contributed by atoms with Crippen molar-refractivity contribution in [2.24, 2.45) is 11.1 Å². The third kappa shape index (κ3) is 10.1. The Hall–Kier alpha value is -1.10. The molecule has 0 rings (SSSR count). The molecule has 0 atom stereocenters. The zero-order chi connectivity index (χ0) is 14.4. The van der Waals surface area contributed by atoms with Gasteiger partial charge in [-0.1, -0.05) is 13.8 Å². The molecule has 0 aliphatic heterocycles. The van der Waals surface area contributed by atoms with E-state index in [0.717, 1.165) is 6.42 Å². The van der Waals surface area contributed by atoms with Crippen molar-refractivity contribution >= 4 is 11.9 Å². The molecule has 0 saturated heterocycles. The van der Waals surface area contributed by atoms with Gasteiger partial charge in [0, 0.05) is 24.9 Å². The van der Waals surface area contributed by atoms with Crippen LogP contribution in [0.4, 0.5) is 0 Å². The average molecular weight is 258 g/mol. The molecule has 5 heteroatoms. The van der Waals surface area contributed by atoms with E-state index in [9.17, 15) is 9.59 Å². The molecule has 0 bridgehead atoms. The molecule has 0 spiro atoms. The molecule has 0 heterocycles. The minimum Gasteiger partial charge on any atom is -0.481 e. The second-order valence-electron chi connectivity index (χ2n) is 6.32. The van der Waals surface area contributed by atoms with Gasteiger partial charge in [0.1, 0.15) is 0 Å². The molecule has 1 amide bonds. The molecule has 0 fully saturated rings. The molecule has 0 aliphatic rings. The number of amides is 1. The Morgan fingerprint density at radius 3 is 2.17 bits per heavy atom. The fourth-order valence-electron chi connectivity index (χ4n) is 1.59. The maximum atomic E-state index is 11.5. The van der Waals surface area contributed by atoms with Crippen LogP contribution in [0.25, 0.3) is 0 Å². The lowest BCUT2D eigenvalue weighted by Crippen LogP contribution is -2.39. The SMILES string of the molecule is CC(C)(N)CC(=O)NCCC(C)(C)CCC(=O)O. The van der Waals surface area contributed by atoms with Gasteiger partial charge in [0.25, 0.3) is 0 Å². The Morgan fingerprint density at radius 2 is 1.72 bits per heavy atom. The largest absolute Gasteiger partial charge is 0.481 e. The molecular formula is C13H26N2O3. The molecule has 106 valence electrons. The van der Waals surface area contributed by atoms with Gasteiger partial charge in [-0.05, 0) is 32.1 Å². The number of hydrogen-bond donors (Lipinski definition) is 3. The van der Waals surface area contributed by atoms with Gasteiger partial charge in [-0.3, -0.25) is 9.59 Å². The van der Waals surface area contributed by atoms with Crippen molar-refractivity contribution in [3.8, 4) is 0 Å². The van der Waals surface area contributed by atoms with Gasteiger partial charge in [-0.25, -0.2) is 0 Å². The number of rotatable bonds is 8. The van der Waals surface area contributed by atoms with Crippen LogP contribution < -0.4 is 11.1 Å². The van der Waals surface area contributed by atoms with E-state index in [1.807, 2.05) is 27.7 Å². The van der Waals surface area contributed by atoms with Crippen molar-refractivity contribution in [2.45, 2.75) is 58.9 Å². The molecule has 0 unspecified atom stereocenters. The molecule has 18 heavy (non-hydrogen) atoms. The lowest BCUT2D eigenvalue weighted by molar-refractivity contribution is -0.137. The third-order valence-electron chi connectivity index (χ3n) is 2.76. The second kappa shape index (κ2) is 6.73. The van der Waals surface area contributed by atoms with Crippen molar-refractivity contribution in [1.29, 1.82) is 0 Å². The topological polar surface area (TPSA) is 92.4 Å². The minimum absolute atomic E-state index is 0.0588. The van der Waals surface area contributed by atoms with Crippen LogP contribution >= 0.6 is 0 Å². The first-order valence-corrected chi connectivity index (χ1v) is 6.29. The molecule has 0 radical (unpaired) electrons. The highest BCUT2D eigenvalue weighted by molar-refractivity contribution is 5.77. The van der Waals surface area contributed by atoms with Crippen molar-refractivity contribution in [2.75, 3.05) is 6.54 Å². The van der Waals surface area contributed by atoms with Gasteiger partial charge >= 0.3 is 5.97 Å². The van der Waals surface area contributed by atoms with E-state index in [2.05, 4.69) is 5.32 Å². The molecule has 0 saturated carbocycles. The lowest BCUT2D eigenvalue weighted by atomic mass is 9.84. The van der Waals surface area contributed by atoms with E-state index < -0.39 is 11.5 Å². The first-order chi connectivity index (χ1) is 8.02. The van der Waals surface area contributed by atoms with Crippen LogP contribution in [0.3, 0.4) is 0 Å². The van der Waals surface area contributed by atoms with E-state index in [1.54, 1.807) is 0 Å². The number of carboxylic acids is 1. The maximum absolute atomic E-state index is 11.5. The first-order valence-electron chi connectivity index (χ1n) is 6.29. The number of aliphatic carboxylic acids is 1. The number of carboxylic acid groups (broad SMARTS) is 1. The Labute approximate surface area is 109 Å². The van der Waals surface area contributed by atoms with E-state index in [4.69, 9.17) is 10.8 Å². The van der Waals surface area contributed by atoms with Crippen LogP contribution in [0.5, 0.6) is 0 Å². The van der Waals surface area contributed by atoms with E-state index in [0.29, 0.717) is 19.4 Å². The standard InChI is InChI=1S/C13H26N2O3/c1-12(2,6-5-11(17)18)7-8-15-10(16)9-13(3,4)14/h5-9,14H2,1-4H3,(H,15,16)(H,17,18). The van der Waals surface area contributed by atoms with Crippen LogP contribution in [0.2, 0.25) is 0 Å². The van der Waals surface area contributed by atoms with Crippen molar-refractivity contribution in [1.82, 2.24) is 5.32 Å². The summed E-state index contributed by atoms with van der Waals surface area (Å²) in [4.78, 5) is 22.0. The normalized spacial score (nSPS) is 12.3. The Morgan fingerprint density at radius 1 is 1.17 bits per heavy atom. The summed E-state index contributed by atoms with van der Waals surface area (Å²) >= 11 is 0. The monoisotopic (exact) mass is 258 g/mol. The summed E-state index contributed by atoms with van der Waals surface area (Å²) in [6.45, 7) is 8.19. The fraction of sp³-hybridized carbons (Fsp3) is 0.846. The Bertz CT molecular complexity index is 293. The van der Waals surface area contributed by atoms with Crippen LogP contribution in [0.15, 0.2) is 0 Å². The van der Waals surface area contributed by atoms with Gasteiger partial charge in [0.2, 0.25) is 5.91 Å². The summed E-state index contributed by atoms with van der Waals surface area (Å²) in [5, 5.41) is 11.5. The van der Waals surface area contributed by atoms with Crippen molar-refractivity contribution in [3.05, 3.63) is 0 Å². The highest BCUT2D eigenvalue weighted by atomic mass is 16.4. The predicted octanol–water partition coefficient (Wildman–Crippen LogP) is 1.51. The molecule has 0 aliphatic carbocycles. The molecule has 0 aromatic rings. The van der Waals surface area contributed by atoms with Crippen LogP contribution in [-0.2, 0) is 9.59 Å². The second-order valence-corrected chi connectivity index (χ2v) is 6.32. The number of hydrogen-bond acceptors (Lipinski definition) is 3. The number of carbonyl (C=O) groups excluding carboxylic acids is 1. The van der Waals surface area contributed by atoms with E-state index in [-0.39, 0.29) is 17.7 Å². The van der Waals surface area contributed by atoms with Gasteiger partial charge in [0.05, 0.1) is 0 Å². The third-order valence-corrected chi connectivity index (χ3v) is 2.76. The number of carbonyl (C=O) groups is 2. The van der Waals surface area contributed by atoms with Gasteiger partial charge < -0.3 is 16.2 Å². The fourth-order valence-corrected chi connectivity index (χ4v) is 1.59. The highest BCUT2D eigenvalue weighted by Gasteiger charge is 2.20. The zero-order valence-corrected chi connectivity index (χ0v) is 11.9. The summed E-state index contributed by atoms with van der Waals surface area (Å²) in [6, 6.07) is 0.